The van der Waals surface area contributed by atoms with E-state index in [1.165, 1.54) is 51.4 Å². The first-order chi connectivity index (χ1) is 27.7. The molecule has 0 saturated heterocycles. The first-order valence-corrected chi connectivity index (χ1v) is 23.4. The number of carbonyl (C=O) groups excluding carboxylic acids is 2. The van der Waals surface area contributed by atoms with Gasteiger partial charge < -0.3 is 19.3 Å². The van der Waals surface area contributed by atoms with E-state index in [2.05, 4.69) is 98.9 Å². The van der Waals surface area contributed by atoms with E-state index >= 15 is 0 Å². The second-order valence-electron chi connectivity index (χ2n) is 14.5. The topological polar surface area (TPSA) is 112 Å². The molecule has 0 aliphatic carbocycles. The highest BCUT2D eigenvalue weighted by atomic mass is 31.2. The zero-order chi connectivity index (χ0) is 41.9. The smallest absolute Gasteiger partial charge is 0.462 e. The molecule has 0 fully saturated rings. The molecule has 0 bridgehead atoms. The zero-order valence-electron chi connectivity index (χ0n) is 36.2. The number of rotatable bonds is 39. The molecule has 0 radical (unpaired) electrons. The summed E-state index contributed by atoms with van der Waals surface area (Å²) in [5.41, 5.74) is 0. The highest BCUT2D eigenvalue weighted by molar-refractivity contribution is 7.47. The number of hydrogen-bond acceptors (Lipinski definition) is 8. The summed E-state index contributed by atoms with van der Waals surface area (Å²) < 4.78 is 33.4. The molecule has 57 heavy (non-hydrogen) atoms. The number of unbranched alkanes of at least 4 members (excludes halogenated alkanes) is 11. The van der Waals surface area contributed by atoms with Gasteiger partial charge in [0.15, 0.2) is 6.10 Å². The van der Waals surface area contributed by atoms with Crippen LogP contribution in [0.3, 0.4) is 0 Å². The van der Waals surface area contributed by atoms with Crippen LogP contribution in [-0.4, -0.2) is 68.3 Å². The maximum absolute atomic E-state index is 12.6. The molecule has 0 aromatic rings. The van der Waals surface area contributed by atoms with Gasteiger partial charge in [-0.3, -0.25) is 18.6 Å². The lowest BCUT2D eigenvalue weighted by atomic mass is 10.1. The highest BCUT2D eigenvalue weighted by Gasteiger charge is 2.26. The Kier molecular flexibility index (Phi) is 39.3. The molecule has 1 N–H and O–H groups in total. The molecule has 2 atom stereocenters. The maximum Gasteiger partial charge on any atom is 0.472 e. The molecule has 0 aromatic heterocycles. The van der Waals surface area contributed by atoms with E-state index < -0.39 is 32.5 Å². The van der Waals surface area contributed by atoms with Crippen molar-refractivity contribution < 1.29 is 37.6 Å². The van der Waals surface area contributed by atoms with Gasteiger partial charge in [-0.05, 0) is 104 Å². The summed E-state index contributed by atoms with van der Waals surface area (Å²) in [5.74, 6) is -0.902. The summed E-state index contributed by atoms with van der Waals surface area (Å²) in [5, 5.41) is 0. The molecule has 2 unspecified atom stereocenters. The fraction of sp³-hybridized carbons (Fsp3) is 0.660. The van der Waals surface area contributed by atoms with Crippen LogP contribution in [0.2, 0.25) is 0 Å². The summed E-state index contributed by atoms with van der Waals surface area (Å²) in [4.78, 5) is 37.0. The van der Waals surface area contributed by atoms with Crippen molar-refractivity contribution in [3.8, 4) is 0 Å². The fourth-order valence-electron chi connectivity index (χ4n) is 5.27. The largest absolute Gasteiger partial charge is 0.472 e. The van der Waals surface area contributed by atoms with Crippen molar-refractivity contribution in [3.05, 3.63) is 85.1 Å². The van der Waals surface area contributed by atoms with Gasteiger partial charge in [0.1, 0.15) is 6.61 Å². The Morgan fingerprint density at radius 1 is 0.544 bits per heavy atom. The second-order valence-corrected chi connectivity index (χ2v) is 16.0. The molecule has 0 amide bonds. The molecule has 0 spiro atoms. The second kappa shape index (κ2) is 41.4. The van der Waals surface area contributed by atoms with Crippen LogP contribution in [0.4, 0.5) is 0 Å². The molecule has 9 nitrogen and oxygen atoms in total. The predicted molar refractivity (Wildman–Crippen MR) is 238 cm³/mol. The number of ether oxygens (including phenoxy) is 2. The summed E-state index contributed by atoms with van der Waals surface area (Å²) in [6, 6.07) is 0. The third-order valence-corrected chi connectivity index (χ3v) is 9.66. The van der Waals surface area contributed by atoms with Crippen molar-refractivity contribution in [3.63, 3.8) is 0 Å². The standard InChI is InChI=1S/C47H80NO8P/c1-5-7-9-11-13-15-17-19-21-23-25-27-29-31-33-35-37-39-46(49)53-43-45(44-55-57(51,52)54-42-41-48(3)4)56-47(50)40-38-36-34-32-30-28-26-24-22-20-18-16-14-12-10-8-6-2/h13-16,19-22,25-28,31,33,45H,5-12,17-18,23-24,29-30,32,34-44H2,1-4H3,(H,51,52)/b15-13-,16-14-,21-19-,22-20-,27-25-,28-26-,33-31-. The minimum atomic E-state index is -4.39. The van der Waals surface area contributed by atoms with Crippen molar-refractivity contribution in [1.29, 1.82) is 0 Å². The third kappa shape index (κ3) is 42.6. The Hall–Kier alpha value is -2.81. The lowest BCUT2D eigenvalue weighted by molar-refractivity contribution is -0.161. The van der Waals surface area contributed by atoms with Crippen LogP contribution < -0.4 is 0 Å². The van der Waals surface area contributed by atoms with Crippen molar-refractivity contribution in [2.24, 2.45) is 0 Å². The zero-order valence-corrected chi connectivity index (χ0v) is 37.1. The normalized spacial score (nSPS) is 14.2. The Bertz CT molecular complexity index is 1220. The fourth-order valence-corrected chi connectivity index (χ4v) is 6.01. The number of esters is 2. The highest BCUT2D eigenvalue weighted by Crippen LogP contribution is 2.43. The lowest BCUT2D eigenvalue weighted by Crippen LogP contribution is -2.29. The molecule has 0 rings (SSSR count). The van der Waals surface area contributed by atoms with Gasteiger partial charge in [-0.1, -0.05) is 137 Å². The van der Waals surface area contributed by atoms with E-state index in [-0.39, 0.29) is 26.1 Å². The Labute approximate surface area is 348 Å². The average Bonchev–Trinajstić information content (AvgIpc) is 3.18. The molecule has 326 valence electrons. The van der Waals surface area contributed by atoms with E-state index in [0.29, 0.717) is 19.4 Å². The van der Waals surface area contributed by atoms with Gasteiger partial charge >= 0.3 is 19.8 Å². The summed E-state index contributed by atoms with van der Waals surface area (Å²) >= 11 is 0. The van der Waals surface area contributed by atoms with Gasteiger partial charge in [0.05, 0.1) is 13.2 Å². The summed E-state index contributed by atoms with van der Waals surface area (Å²) in [6.45, 7) is 4.15. The predicted octanol–water partition coefficient (Wildman–Crippen LogP) is 12.7. The van der Waals surface area contributed by atoms with Gasteiger partial charge in [-0.15, -0.1) is 0 Å². The van der Waals surface area contributed by atoms with Crippen LogP contribution in [0.1, 0.15) is 155 Å². The first-order valence-electron chi connectivity index (χ1n) is 21.9. The molecule has 0 aromatic carbocycles. The van der Waals surface area contributed by atoms with Crippen LogP contribution >= 0.6 is 7.82 Å². The van der Waals surface area contributed by atoms with E-state index in [0.717, 1.165) is 64.2 Å². The van der Waals surface area contributed by atoms with E-state index in [4.69, 9.17) is 18.5 Å². The van der Waals surface area contributed by atoms with Gasteiger partial charge in [0, 0.05) is 19.4 Å². The van der Waals surface area contributed by atoms with Crippen molar-refractivity contribution in [2.45, 2.75) is 161 Å². The van der Waals surface area contributed by atoms with Crippen molar-refractivity contribution >= 4 is 19.8 Å². The van der Waals surface area contributed by atoms with Gasteiger partial charge in [-0.2, -0.15) is 0 Å². The van der Waals surface area contributed by atoms with Crippen LogP contribution in [-0.2, 0) is 32.7 Å². The minimum Gasteiger partial charge on any atom is -0.462 e. The number of carbonyl (C=O) groups is 2. The minimum absolute atomic E-state index is 0.0103. The number of phosphoric acid groups is 1. The average molecular weight is 818 g/mol. The Morgan fingerprint density at radius 2 is 0.965 bits per heavy atom. The number of allylic oxidation sites excluding steroid dienone is 14. The monoisotopic (exact) mass is 818 g/mol. The van der Waals surface area contributed by atoms with Crippen LogP contribution in [0.5, 0.6) is 0 Å². The number of likely N-dealkylation sites (N-methyl/N-ethyl adjacent to an activating group) is 1. The van der Waals surface area contributed by atoms with E-state index in [1.807, 2.05) is 14.1 Å². The van der Waals surface area contributed by atoms with Crippen LogP contribution in [0.15, 0.2) is 85.1 Å². The SMILES string of the molecule is CCCCC/C=C\C/C=C\C/C=C\C/C=C\CCCC(=O)OCC(COP(=O)(O)OCCN(C)C)OC(=O)CCCCCC/C=C\C/C=C\C/C=C\CCCCC. The molecule has 10 heteroatoms. The van der Waals surface area contributed by atoms with Gasteiger partial charge in [0.2, 0.25) is 0 Å². The van der Waals surface area contributed by atoms with Crippen molar-refractivity contribution in [1.82, 2.24) is 4.90 Å². The van der Waals surface area contributed by atoms with Crippen LogP contribution in [0, 0.1) is 0 Å². The molecular formula is C47H80NO8P. The van der Waals surface area contributed by atoms with Crippen LogP contribution in [0.25, 0.3) is 0 Å². The summed E-state index contributed by atoms with van der Waals surface area (Å²) in [7, 11) is -0.759. The number of hydrogen-bond donors (Lipinski definition) is 1. The van der Waals surface area contributed by atoms with Gasteiger partial charge in [-0.25, -0.2) is 4.57 Å². The first kappa shape index (κ1) is 54.2. The summed E-state index contributed by atoms with van der Waals surface area (Å²) in [6.07, 6.45) is 50.6. The quantitative estimate of drug-likeness (QED) is 0.0280. The third-order valence-electron chi connectivity index (χ3n) is 8.67. The molecule has 0 aliphatic rings. The Morgan fingerprint density at radius 3 is 1.44 bits per heavy atom. The maximum atomic E-state index is 12.6. The molecular weight excluding hydrogens is 737 g/mol. The molecule has 0 aliphatic heterocycles. The van der Waals surface area contributed by atoms with Gasteiger partial charge in [0.25, 0.3) is 0 Å². The molecule has 0 saturated carbocycles. The number of nitrogens with zero attached hydrogens (tertiary/aromatic N) is 1. The number of phosphoric ester groups is 1. The lowest BCUT2D eigenvalue weighted by Gasteiger charge is -2.20. The van der Waals surface area contributed by atoms with Crippen molar-refractivity contribution in [2.75, 3.05) is 40.5 Å². The van der Waals surface area contributed by atoms with E-state index in [1.54, 1.807) is 4.90 Å². The van der Waals surface area contributed by atoms with E-state index in [9.17, 15) is 19.0 Å². The Balaban J connectivity index is 4.45. The molecule has 0 heterocycles.